The predicted molar refractivity (Wildman–Crippen MR) is 101 cm³/mol. The first-order chi connectivity index (χ1) is 12.8. The molecule has 144 valence electrons. The fourth-order valence-electron chi connectivity index (χ4n) is 3.00. The van der Waals surface area contributed by atoms with Gasteiger partial charge in [-0.3, -0.25) is 4.79 Å². The molecule has 5 nitrogen and oxygen atoms in total. The number of rotatable bonds is 4. The zero-order valence-electron chi connectivity index (χ0n) is 14.2. The molecule has 0 radical (unpaired) electrons. The van der Waals surface area contributed by atoms with Gasteiger partial charge in [0, 0.05) is 11.0 Å². The molecule has 1 aliphatic heterocycles. The SMILES string of the molecule is O=C(Nc1ccc(Br)cc1F)C1CCCCN1S(=O)(=O)c1ccc(F)cc1. The molecule has 1 amide bonds. The van der Waals surface area contributed by atoms with Crippen LogP contribution < -0.4 is 5.32 Å². The van der Waals surface area contributed by atoms with Gasteiger partial charge < -0.3 is 5.32 Å². The van der Waals surface area contributed by atoms with Crippen molar-refractivity contribution < 1.29 is 22.0 Å². The van der Waals surface area contributed by atoms with Crippen molar-refractivity contribution in [2.75, 3.05) is 11.9 Å². The van der Waals surface area contributed by atoms with Gasteiger partial charge in [-0.15, -0.1) is 0 Å². The van der Waals surface area contributed by atoms with Gasteiger partial charge in [-0.1, -0.05) is 22.4 Å². The summed E-state index contributed by atoms with van der Waals surface area (Å²) in [6.45, 7) is 0.167. The van der Waals surface area contributed by atoms with Crippen molar-refractivity contribution in [2.45, 2.75) is 30.2 Å². The van der Waals surface area contributed by atoms with Crippen LogP contribution >= 0.6 is 15.9 Å². The van der Waals surface area contributed by atoms with E-state index in [1.54, 1.807) is 6.07 Å². The number of piperidine rings is 1. The molecule has 0 bridgehead atoms. The summed E-state index contributed by atoms with van der Waals surface area (Å²) in [6, 6.07) is 7.68. The fourth-order valence-corrected chi connectivity index (χ4v) is 4.99. The molecule has 1 unspecified atom stereocenters. The van der Waals surface area contributed by atoms with E-state index in [0.29, 0.717) is 23.7 Å². The van der Waals surface area contributed by atoms with E-state index in [4.69, 9.17) is 0 Å². The van der Waals surface area contributed by atoms with E-state index in [-0.39, 0.29) is 17.1 Å². The number of anilines is 1. The molecule has 1 atom stereocenters. The van der Waals surface area contributed by atoms with Crippen LogP contribution in [0.2, 0.25) is 0 Å². The first kappa shape index (κ1) is 19.9. The Bertz CT molecular complexity index is 952. The largest absolute Gasteiger partial charge is 0.322 e. The zero-order valence-corrected chi connectivity index (χ0v) is 16.6. The molecular formula is C18H17BrF2N2O3S. The number of carbonyl (C=O) groups excluding carboxylic acids is 1. The fraction of sp³-hybridized carbons (Fsp3) is 0.278. The van der Waals surface area contributed by atoms with E-state index in [2.05, 4.69) is 21.2 Å². The van der Waals surface area contributed by atoms with Gasteiger partial charge in [-0.2, -0.15) is 4.31 Å². The molecule has 27 heavy (non-hydrogen) atoms. The van der Waals surface area contributed by atoms with Gasteiger partial charge in [0.05, 0.1) is 10.6 Å². The van der Waals surface area contributed by atoms with Crippen LogP contribution in [0, 0.1) is 11.6 Å². The molecule has 3 rings (SSSR count). The zero-order chi connectivity index (χ0) is 19.6. The number of nitrogens with zero attached hydrogens (tertiary/aromatic N) is 1. The lowest BCUT2D eigenvalue weighted by Gasteiger charge is -2.33. The Morgan fingerprint density at radius 3 is 2.48 bits per heavy atom. The Kier molecular flexibility index (Phi) is 5.92. The minimum Gasteiger partial charge on any atom is -0.322 e. The molecule has 1 N–H and O–H groups in total. The van der Waals surface area contributed by atoms with Crippen molar-refractivity contribution in [3.05, 3.63) is 58.6 Å². The van der Waals surface area contributed by atoms with E-state index < -0.39 is 33.6 Å². The molecular weight excluding hydrogens is 442 g/mol. The molecule has 0 spiro atoms. The second kappa shape index (κ2) is 8.04. The topological polar surface area (TPSA) is 66.5 Å². The highest BCUT2D eigenvalue weighted by Gasteiger charge is 2.37. The van der Waals surface area contributed by atoms with Crippen molar-refractivity contribution in [3.8, 4) is 0 Å². The van der Waals surface area contributed by atoms with Crippen molar-refractivity contribution in [1.29, 1.82) is 0 Å². The Morgan fingerprint density at radius 2 is 1.81 bits per heavy atom. The van der Waals surface area contributed by atoms with Crippen molar-refractivity contribution in [3.63, 3.8) is 0 Å². The average molecular weight is 459 g/mol. The number of sulfonamides is 1. The summed E-state index contributed by atoms with van der Waals surface area (Å²) in [6.07, 6.45) is 1.61. The third-order valence-corrected chi connectivity index (χ3v) is 6.78. The minimum absolute atomic E-state index is 0.0205. The van der Waals surface area contributed by atoms with Crippen molar-refractivity contribution in [1.82, 2.24) is 4.31 Å². The van der Waals surface area contributed by atoms with Crippen LogP contribution in [0.3, 0.4) is 0 Å². The number of carbonyl (C=O) groups is 1. The van der Waals surface area contributed by atoms with E-state index in [1.807, 2.05) is 0 Å². The number of amides is 1. The smallest absolute Gasteiger partial charge is 0.243 e. The van der Waals surface area contributed by atoms with Crippen LogP contribution in [-0.2, 0) is 14.8 Å². The van der Waals surface area contributed by atoms with Gasteiger partial charge in [-0.25, -0.2) is 17.2 Å². The maximum absolute atomic E-state index is 14.0. The molecule has 0 aliphatic carbocycles. The summed E-state index contributed by atoms with van der Waals surface area (Å²) < 4.78 is 54.6. The monoisotopic (exact) mass is 458 g/mol. The van der Waals surface area contributed by atoms with Crippen LogP contribution in [0.5, 0.6) is 0 Å². The Balaban J connectivity index is 1.86. The third kappa shape index (κ3) is 4.36. The highest BCUT2D eigenvalue weighted by molar-refractivity contribution is 9.10. The molecule has 9 heteroatoms. The molecule has 0 saturated carbocycles. The number of halogens is 3. The van der Waals surface area contributed by atoms with Crippen LogP contribution in [0.25, 0.3) is 0 Å². The summed E-state index contributed by atoms with van der Waals surface area (Å²) >= 11 is 3.14. The highest BCUT2D eigenvalue weighted by atomic mass is 79.9. The molecule has 1 fully saturated rings. The van der Waals surface area contributed by atoms with E-state index >= 15 is 0 Å². The third-order valence-electron chi connectivity index (χ3n) is 4.37. The van der Waals surface area contributed by atoms with Crippen LogP contribution in [0.4, 0.5) is 14.5 Å². The average Bonchev–Trinajstić information content (AvgIpc) is 2.64. The number of nitrogens with one attached hydrogen (secondary N) is 1. The second-order valence-corrected chi connectivity index (χ2v) is 9.00. The predicted octanol–water partition coefficient (Wildman–Crippen LogP) is 3.91. The number of benzene rings is 2. The van der Waals surface area contributed by atoms with E-state index in [1.165, 1.54) is 24.3 Å². The summed E-state index contributed by atoms with van der Waals surface area (Å²) in [7, 11) is -3.98. The Labute approximate surface area is 164 Å². The van der Waals surface area contributed by atoms with Crippen LogP contribution in [0.1, 0.15) is 19.3 Å². The van der Waals surface area contributed by atoms with Crippen molar-refractivity contribution in [2.24, 2.45) is 0 Å². The standard InChI is InChI=1S/C18H17BrF2N2O3S/c19-12-4-9-16(15(21)11-12)22-18(24)17-3-1-2-10-23(17)27(25,26)14-7-5-13(20)6-8-14/h4-9,11,17H,1-3,10H2,(H,22,24). The van der Waals surface area contributed by atoms with Crippen LogP contribution in [0.15, 0.2) is 51.8 Å². The first-order valence-electron chi connectivity index (χ1n) is 8.32. The van der Waals surface area contributed by atoms with Gasteiger partial charge in [0.25, 0.3) is 0 Å². The summed E-state index contributed by atoms with van der Waals surface area (Å²) in [5.74, 6) is -1.77. The molecule has 1 aliphatic rings. The maximum Gasteiger partial charge on any atom is 0.243 e. The lowest BCUT2D eigenvalue weighted by atomic mass is 10.0. The lowest BCUT2D eigenvalue weighted by molar-refractivity contribution is -0.120. The summed E-state index contributed by atoms with van der Waals surface area (Å²) in [5, 5.41) is 2.47. The van der Waals surface area contributed by atoms with Crippen molar-refractivity contribution >= 4 is 37.5 Å². The quantitative estimate of drug-likeness (QED) is 0.754. The summed E-state index contributed by atoms with van der Waals surface area (Å²) in [4.78, 5) is 12.6. The van der Waals surface area contributed by atoms with E-state index in [0.717, 1.165) is 16.4 Å². The second-order valence-electron chi connectivity index (χ2n) is 6.19. The first-order valence-corrected chi connectivity index (χ1v) is 10.6. The maximum atomic E-state index is 14.0. The van der Waals surface area contributed by atoms with Crippen LogP contribution in [-0.4, -0.2) is 31.2 Å². The molecule has 1 heterocycles. The van der Waals surface area contributed by atoms with Gasteiger partial charge in [-0.05, 0) is 55.3 Å². The number of hydrogen-bond acceptors (Lipinski definition) is 3. The van der Waals surface area contributed by atoms with Gasteiger partial charge in [0.15, 0.2) is 0 Å². The summed E-state index contributed by atoms with van der Waals surface area (Å²) in [5.41, 5.74) is -0.0205. The molecule has 2 aromatic rings. The van der Waals surface area contributed by atoms with Gasteiger partial charge in [0.1, 0.15) is 17.7 Å². The molecule has 2 aromatic carbocycles. The normalized spacial score (nSPS) is 18.3. The van der Waals surface area contributed by atoms with Gasteiger partial charge >= 0.3 is 0 Å². The lowest BCUT2D eigenvalue weighted by Crippen LogP contribution is -2.49. The van der Waals surface area contributed by atoms with E-state index in [9.17, 15) is 22.0 Å². The molecule has 0 aromatic heterocycles. The minimum atomic E-state index is -3.98. The molecule has 1 saturated heterocycles. The highest BCUT2D eigenvalue weighted by Crippen LogP contribution is 2.27. The van der Waals surface area contributed by atoms with Gasteiger partial charge in [0.2, 0.25) is 15.9 Å². The number of hydrogen-bond donors (Lipinski definition) is 1. The Hall–Kier alpha value is -1.84. The Morgan fingerprint density at radius 1 is 1.11 bits per heavy atom.